The van der Waals surface area contributed by atoms with Crippen molar-refractivity contribution in [3.63, 3.8) is 0 Å². The molecule has 0 bridgehead atoms. The molecule has 0 aliphatic heterocycles. The van der Waals surface area contributed by atoms with E-state index in [-0.39, 0.29) is 53.1 Å². The van der Waals surface area contributed by atoms with E-state index in [2.05, 4.69) is 20.4 Å². The van der Waals surface area contributed by atoms with Crippen LogP contribution in [0.3, 0.4) is 0 Å². The molecule has 0 radical (unpaired) electrons. The number of hydrogen-bond donors (Lipinski definition) is 2. The zero-order chi connectivity index (χ0) is 19.8. The van der Waals surface area contributed by atoms with Gasteiger partial charge in [-0.3, -0.25) is 9.20 Å². The Kier molecular flexibility index (Phi) is 11.2. The van der Waals surface area contributed by atoms with Gasteiger partial charge >= 0.3 is 6.61 Å². The molecule has 1 aliphatic carbocycles. The summed E-state index contributed by atoms with van der Waals surface area (Å²) in [7, 11) is 0.747. The zero-order valence-electron chi connectivity index (χ0n) is 15.9. The lowest BCUT2D eigenvalue weighted by Gasteiger charge is -2.30. The zero-order valence-corrected chi connectivity index (χ0v) is 19.1. The van der Waals surface area contributed by atoms with Gasteiger partial charge in [-0.2, -0.15) is 8.78 Å². The van der Waals surface area contributed by atoms with Crippen molar-refractivity contribution in [2.75, 3.05) is 12.8 Å². The van der Waals surface area contributed by atoms with E-state index in [9.17, 15) is 17.4 Å². The van der Waals surface area contributed by atoms with Crippen LogP contribution in [0, 0.1) is 5.82 Å². The molecule has 2 N–H and O–H groups in total. The predicted octanol–water partition coefficient (Wildman–Crippen LogP) is 3.79. The van der Waals surface area contributed by atoms with Gasteiger partial charge < -0.3 is 15.4 Å². The minimum atomic E-state index is -3.03. The highest BCUT2D eigenvalue weighted by atomic mass is 127. The number of hydrogen-bond acceptors (Lipinski definition) is 3. The number of rotatable bonds is 7. The number of aliphatic imine (C=N–C) groups is 1. The number of ether oxygens (including phenoxy) is 1. The Hall–Kier alpha value is -1.04. The smallest absolute Gasteiger partial charge is 0.387 e. The average molecular weight is 533 g/mol. The molecule has 0 amide bonds. The second kappa shape index (κ2) is 12.5. The van der Waals surface area contributed by atoms with Gasteiger partial charge in [0.05, 0.1) is 0 Å². The predicted molar refractivity (Wildman–Crippen MR) is 117 cm³/mol. The number of alkyl halides is 2. The Labute approximate surface area is 183 Å². The molecule has 0 spiro atoms. The first-order valence-electron chi connectivity index (χ1n) is 9.01. The van der Waals surface area contributed by atoms with Gasteiger partial charge in [0.2, 0.25) is 0 Å². The lowest BCUT2D eigenvalue weighted by Crippen LogP contribution is -2.46. The molecule has 0 saturated heterocycles. The van der Waals surface area contributed by atoms with Gasteiger partial charge in [0, 0.05) is 47.0 Å². The first kappa shape index (κ1) is 25.0. The van der Waals surface area contributed by atoms with Gasteiger partial charge in [0.1, 0.15) is 11.6 Å². The largest absolute Gasteiger partial charge is 0.434 e. The Morgan fingerprint density at radius 1 is 1.39 bits per heavy atom. The Morgan fingerprint density at radius 3 is 2.79 bits per heavy atom. The fraction of sp³-hybridized carbons (Fsp3) is 0.611. The van der Waals surface area contributed by atoms with Crippen LogP contribution in [-0.2, 0) is 17.3 Å². The van der Waals surface area contributed by atoms with Crippen LogP contribution in [0.2, 0.25) is 0 Å². The van der Waals surface area contributed by atoms with Gasteiger partial charge in [-0.1, -0.05) is 19.4 Å². The molecule has 1 fully saturated rings. The number of guanidine groups is 1. The van der Waals surface area contributed by atoms with Crippen LogP contribution in [-0.4, -0.2) is 40.9 Å². The maximum absolute atomic E-state index is 14.0. The molecular formula is C18H27F3IN3O2S. The fourth-order valence-electron chi connectivity index (χ4n) is 3.23. The van der Waals surface area contributed by atoms with E-state index in [4.69, 9.17) is 0 Å². The van der Waals surface area contributed by atoms with Crippen molar-refractivity contribution in [3.05, 3.63) is 29.6 Å². The molecule has 1 aliphatic rings. The Bertz CT molecular complexity index is 679. The van der Waals surface area contributed by atoms with Crippen LogP contribution in [0.4, 0.5) is 13.2 Å². The Balaban J connectivity index is 0.00000392. The van der Waals surface area contributed by atoms with E-state index in [0.29, 0.717) is 11.7 Å². The summed E-state index contributed by atoms with van der Waals surface area (Å²) < 4.78 is 55.5. The number of benzene rings is 1. The van der Waals surface area contributed by atoms with Gasteiger partial charge in [-0.15, -0.1) is 24.0 Å². The van der Waals surface area contributed by atoms with Crippen molar-refractivity contribution >= 4 is 40.7 Å². The summed E-state index contributed by atoms with van der Waals surface area (Å²) in [5.41, 5.74) is 0.00866. The van der Waals surface area contributed by atoms with E-state index < -0.39 is 23.2 Å². The SMILES string of the molecule is CCS(=O)C1CCCC(NC(=NC)NCc2c(F)cccc2OC(F)F)C1.I. The third-order valence-electron chi connectivity index (χ3n) is 4.57. The van der Waals surface area contributed by atoms with Gasteiger partial charge in [0.25, 0.3) is 0 Å². The normalized spacial score (nSPS) is 21.0. The summed E-state index contributed by atoms with van der Waals surface area (Å²) in [6, 6.07) is 3.92. The van der Waals surface area contributed by atoms with E-state index in [1.165, 1.54) is 18.2 Å². The monoisotopic (exact) mass is 533 g/mol. The van der Waals surface area contributed by atoms with Crippen molar-refractivity contribution in [1.29, 1.82) is 0 Å². The maximum Gasteiger partial charge on any atom is 0.387 e. The number of nitrogens with zero attached hydrogens (tertiary/aromatic N) is 1. The molecule has 1 saturated carbocycles. The van der Waals surface area contributed by atoms with E-state index in [1.54, 1.807) is 7.05 Å². The van der Waals surface area contributed by atoms with E-state index in [0.717, 1.165) is 25.7 Å². The molecule has 3 atom stereocenters. The first-order valence-corrected chi connectivity index (χ1v) is 10.4. The van der Waals surface area contributed by atoms with Crippen LogP contribution >= 0.6 is 24.0 Å². The molecule has 3 unspecified atom stereocenters. The molecule has 160 valence electrons. The molecule has 2 rings (SSSR count). The molecule has 28 heavy (non-hydrogen) atoms. The third kappa shape index (κ3) is 7.41. The summed E-state index contributed by atoms with van der Waals surface area (Å²) in [5, 5.41) is 6.37. The van der Waals surface area contributed by atoms with Gasteiger partial charge in [-0.05, 0) is 31.4 Å². The molecule has 0 heterocycles. The van der Waals surface area contributed by atoms with Crippen LogP contribution in [0.5, 0.6) is 5.75 Å². The molecule has 1 aromatic rings. The highest BCUT2D eigenvalue weighted by Gasteiger charge is 2.26. The van der Waals surface area contributed by atoms with Crippen LogP contribution in [0.25, 0.3) is 0 Å². The second-order valence-electron chi connectivity index (χ2n) is 6.32. The minimum Gasteiger partial charge on any atom is -0.434 e. The average Bonchev–Trinajstić information content (AvgIpc) is 2.65. The van der Waals surface area contributed by atoms with Crippen molar-refractivity contribution in [1.82, 2.24) is 10.6 Å². The summed E-state index contributed by atoms with van der Waals surface area (Å²) in [4.78, 5) is 4.11. The molecule has 0 aromatic heterocycles. The lowest BCUT2D eigenvalue weighted by atomic mass is 9.95. The first-order chi connectivity index (χ1) is 12.9. The van der Waals surface area contributed by atoms with Crippen LogP contribution in [0.15, 0.2) is 23.2 Å². The highest BCUT2D eigenvalue weighted by Crippen LogP contribution is 2.24. The van der Waals surface area contributed by atoms with Crippen LogP contribution in [0.1, 0.15) is 38.2 Å². The molecule has 5 nitrogen and oxygen atoms in total. The van der Waals surface area contributed by atoms with Crippen molar-refractivity contribution in [3.8, 4) is 5.75 Å². The van der Waals surface area contributed by atoms with E-state index >= 15 is 0 Å². The quantitative estimate of drug-likeness (QED) is 0.318. The van der Waals surface area contributed by atoms with Crippen molar-refractivity contribution < 1.29 is 22.1 Å². The summed E-state index contributed by atoms with van der Waals surface area (Å²) >= 11 is 0. The Morgan fingerprint density at radius 2 is 2.14 bits per heavy atom. The maximum atomic E-state index is 14.0. The summed E-state index contributed by atoms with van der Waals surface area (Å²) in [5.74, 6) is 0.246. The van der Waals surface area contributed by atoms with Crippen LogP contribution < -0.4 is 15.4 Å². The highest BCUT2D eigenvalue weighted by molar-refractivity contribution is 14.0. The molecule has 10 heteroatoms. The van der Waals surface area contributed by atoms with Crippen molar-refractivity contribution in [2.45, 2.75) is 57.1 Å². The number of halogens is 4. The van der Waals surface area contributed by atoms with Gasteiger partial charge in [0.15, 0.2) is 5.96 Å². The van der Waals surface area contributed by atoms with Gasteiger partial charge in [-0.25, -0.2) is 4.39 Å². The lowest BCUT2D eigenvalue weighted by molar-refractivity contribution is -0.0506. The standard InChI is InChI=1S/C18H26F3N3O2S.HI/c1-3-27(25)13-7-4-6-12(10-13)24-18(22-2)23-11-14-15(19)8-5-9-16(14)26-17(20)21;/h5,8-9,12-13,17H,3-4,6-7,10-11H2,1-2H3,(H2,22,23,24);1H. The summed E-state index contributed by atoms with van der Waals surface area (Å²) in [6.45, 7) is -1.16. The molecule has 1 aromatic carbocycles. The number of nitrogens with one attached hydrogen (secondary N) is 2. The van der Waals surface area contributed by atoms with Crippen molar-refractivity contribution in [2.24, 2.45) is 4.99 Å². The third-order valence-corrected chi connectivity index (χ3v) is 6.31. The minimum absolute atomic E-state index is 0. The fourth-order valence-corrected chi connectivity index (χ4v) is 4.58. The molecular weight excluding hydrogens is 506 g/mol. The second-order valence-corrected chi connectivity index (χ2v) is 8.33. The van der Waals surface area contributed by atoms with E-state index in [1.807, 2.05) is 6.92 Å². The summed E-state index contributed by atoms with van der Waals surface area (Å²) in [6.07, 6.45) is 3.64. The topological polar surface area (TPSA) is 62.7 Å².